The van der Waals surface area contributed by atoms with E-state index in [9.17, 15) is 4.79 Å². The first-order valence-corrected chi connectivity index (χ1v) is 12.4. The van der Waals surface area contributed by atoms with Crippen LogP contribution in [0, 0.1) is 0 Å². The summed E-state index contributed by atoms with van der Waals surface area (Å²) in [4.78, 5) is 11.9. The second kappa shape index (κ2) is 12.4. The molecule has 152 valence electrons. The van der Waals surface area contributed by atoms with E-state index in [1.165, 1.54) is 24.2 Å². The maximum Gasteiger partial charge on any atom is 0.220 e. The van der Waals surface area contributed by atoms with Gasteiger partial charge in [-0.1, -0.05) is 52.7 Å². The Balaban J connectivity index is 1.57. The number of unbranched alkanes of at least 4 members (excludes halogenated alkanes) is 1. The maximum atomic E-state index is 11.9. The predicted octanol–water partition coefficient (Wildman–Crippen LogP) is 3.85. The molecule has 1 saturated heterocycles. The number of hydrazine groups is 1. The van der Waals surface area contributed by atoms with E-state index in [0.29, 0.717) is 25.2 Å². The molecule has 0 saturated carbocycles. The predicted molar refractivity (Wildman–Crippen MR) is 119 cm³/mol. The Kier molecular flexibility index (Phi) is 10.2. The van der Waals surface area contributed by atoms with E-state index in [2.05, 4.69) is 24.4 Å². The molecule has 1 heterocycles. The van der Waals surface area contributed by atoms with Crippen LogP contribution in [0.15, 0.2) is 35.2 Å². The number of nitrogens with one attached hydrogen (secondary N) is 1. The van der Waals surface area contributed by atoms with Gasteiger partial charge in [0.05, 0.1) is 12.2 Å². The third kappa shape index (κ3) is 8.66. The number of amides is 1. The zero-order chi connectivity index (χ0) is 19.5. The van der Waals surface area contributed by atoms with Crippen LogP contribution in [0.2, 0.25) is 0 Å². The summed E-state index contributed by atoms with van der Waals surface area (Å²) in [5, 5.41) is 5.30. The van der Waals surface area contributed by atoms with Gasteiger partial charge < -0.3 is 16.1 Å². The Morgan fingerprint density at radius 2 is 2.22 bits per heavy atom. The summed E-state index contributed by atoms with van der Waals surface area (Å²) in [5.41, 5.74) is 9.45. The summed E-state index contributed by atoms with van der Waals surface area (Å²) >= 11 is 0. The van der Waals surface area contributed by atoms with Crippen LogP contribution < -0.4 is 16.9 Å². The lowest BCUT2D eigenvalue weighted by molar-refractivity contribution is -0.121. The molecule has 1 fully saturated rings. The fraction of sp³-hybridized carbons (Fsp3) is 0.650. The van der Waals surface area contributed by atoms with Crippen molar-refractivity contribution in [2.45, 2.75) is 63.5 Å². The van der Waals surface area contributed by atoms with E-state index in [-0.39, 0.29) is 5.91 Å². The van der Waals surface area contributed by atoms with Crippen LogP contribution in [0.25, 0.3) is 0 Å². The van der Waals surface area contributed by atoms with Crippen LogP contribution in [0.1, 0.15) is 58.3 Å². The summed E-state index contributed by atoms with van der Waals surface area (Å²) in [6, 6.07) is 0. The molecular formula is C20H34N4OS2. The second-order valence-corrected chi connectivity index (χ2v) is 9.90. The van der Waals surface area contributed by atoms with Crippen LogP contribution in [0.3, 0.4) is 0 Å². The van der Waals surface area contributed by atoms with Crippen molar-refractivity contribution >= 4 is 27.5 Å². The van der Waals surface area contributed by atoms with Crippen LogP contribution >= 0.6 is 21.6 Å². The topological polar surface area (TPSA) is 84.4 Å². The molecule has 0 spiro atoms. The number of carbonyl (C=O) groups excluding carboxylic acids is 1. The molecule has 1 aliphatic heterocycles. The van der Waals surface area contributed by atoms with Crippen molar-refractivity contribution < 1.29 is 4.79 Å². The number of allylic oxidation sites excluding steroid dienone is 4. The van der Waals surface area contributed by atoms with Gasteiger partial charge in [0.1, 0.15) is 0 Å². The van der Waals surface area contributed by atoms with E-state index < -0.39 is 0 Å². The number of carbonyl (C=O) groups is 1. The Hall–Kier alpha value is -1.05. The first-order chi connectivity index (χ1) is 13.1. The molecule has 27 heavy (non-hydrogen) atoms. The molecule has 1 aliphatic carbocycles. The molecule has 0 aromatic rings. The highest BCUT2D eigenvalue weighted by Crippen LogP contribution is 2.39. The molecule has 0 bridgehead atoms. The van der Waals surface area contributed by atoms with Gasteiger partial charge in [-0.25, -0.2) is 5.84 Å². The van der Waals surface area contributed by atoms with Gasteiger partial charge >= 0.3 is 0 Å². The van der Waals surface area contributed by atoms with Gasteiger partial charge in [0, 0.05) is 30.2 Å². The highest BCUT2D eigenvalue weighted by atomic mass is 33.1. The highest BCUT2D eigenvalue weighted by Gasteiger charge is 2.15. The molecule has 0 radical (unpaired) electrons. The van der Waals surface area contributed by atoms with Crippen molar-refractivity contribution in [1.29, 1.82) is 0 Å². The molecule has 1 atom stereocenters. The first kappa shape index (κ1) is 22.2. The van der Waals surface area contributed by atoms with Crippen LogP contribution in [-0.2, 0) is 4.79 Å². The summed E-state index contributed by atoms with van der Waals surface area (Å²) < 4.78 is 0. The van der Waals surface area contributed by atoms with Crippen molar-refractivity contribution in [1.82, 2.24) is 10.3 Å². The Bertz CT molecular complexity index is 568. The molecule has 0 aromatic heterocycles. The molecule has 7 heteroatoms. The van der Waals surface area contributed by atoms with Crippen LogP contribution in [-0.4, -0.2) is 35.0 Å². The van der Waals surface area contributed by atoms with E-state index >= 15 is 0 Å². The second-order valence-electron chi connectivity index (χ2n) is 7.12. The summed E-state index contributed by atoms with van der Waals surface area (Å²) in [5.74, 6) is 7.38. The molecular weight excluding hydrogens is 376 g/mol. The van der Waals surface area contributed by atoms with Gasteiger partial charge in [-0.05, 0) is 44.1 Å². The summed E-state index contributed by atoms with van der Waals surface area (Å²) in [6.07, 6.45) is 14.4. The fourth-order valence-electron chi connectivity index (χ4n) is 3.18. The minimum absolute atomic E-state index is 0.112. The monoisotopic (exact) mass is 410 g/mol. The highest BCUT2D eigenvalue weighted by molar-refractivity contribution is 8.77. The molecule has 1 unspecified atom stereocenters. The number of rotatable bonds is 11. The van der Waals surface area contributed by atoms with Crippen molar-refractivity contribution in [2.24, 2.45) is 11.6 Å². The third-order valence-corrected chi connectivity index (χ3v) is 7.97. The van der Waals surface area contributed by atoms with E-state index in [1.54, 1.807) is 11.2 Å². The van der Waals surface area contributed by atoms with Crippen LogP contribution in [0.4, 0.5) is 0 Å². The van der Waals surface area contributed by atoms with Crippen LogP contribution in [0.5, 0.6) is 0 Å². The zero-order valence-electron chi connectivity index (χ0n) is 16.4. The van der Waals surface area contributed by atoms with Crippen molar-refractivity contribution in [2.75, 3.05) is 18.8 Å². The van der Waals surface area contributed by atoms with Gasteiger partial charge in [0.25, 0.3) is 0 Å². The van der Waals surface area contributed by atoms with Gasteiger partial charge in [-0.15, -0.1) is 0 Å². The van der Waals surface area contributed by atoms with Gasteiger partial charge in [-0.3, -0.25) is 4.79 Å². The van der Waals surface area contributed by atoms with E-state index in [0.717, 1.165) is 42.9 Å². The Morgan fingerprint density at radius 1 is 1.37 bits per heavy atom. The lowest BCUT2D eigenvalue weighted by Gasteiger charge is -2.18. The minimum atomic E-state index is 0.112. The SMILES string of the molecule is CCC1=CC=C(/C(N)=C/N(N)CCNC(=O)CCCCC2CCSS2)CC1. The normalized spacial score (nSPS) is 20.2. The molecule has 0 aromatic carbocycles. The third-order valence-electron chi connectivity index (χ3n) is 4.96. The molecule has 5 N–H and O–H groups in total. The number of hydrogen-bond donors (Lipinski definition) is 3. The number of hydrogen-bond acceptors (Lipinski definition) is 6. The standard InChI is InChI=1S/C20H34N4OS2/c1-2-16-7-9-17(10-8-16)19(21)15-24(22)13-12-23-20(25)6-4-3-5-18-11-14-26-27-18/h7,9,15,18H,2-6,8,10-14,21-22H2,1H3,(H,23,25)/b19-15-. The average molecular weight is 411 g/mol. The van der Waals surface area contributed by atoms with E-state index in [1.807, 2.05) is 21.6 Å². The quantitative estimate of drug-likeness (QED) is 0.208. The van der Waals surface area contributed by atoms with Crippen molar-refractivity contribution in [3.05, 3.63) is 35.2 Å². The maximum absolute atomic E-state index is 11.9. The molecule has 2 aliphatic rings. The van der Waals surface area contributed by atoms with E-state index in [4.69, 9.17) is 11.6 Å². The molecule has 2 rings (SSSR count). The van der Waals surface area contributed by atoms with Crippen molar-refractivity contribution in [3.8, 4) is 0 Å². The Morgan fingerprint density at radius 3 is 2.89 bits per heavy atom. The zero-order valence-corrected chi connectivity index (χ0v) is 18.0. The summed E-state index contributed by atoms with van der Waals surface area (Å²) in [7, 11) is 3.98. The summed E-state index contributed by atoms with van der Waals surface area (Å²) in [6.45, 7) is 3.26. The minimum Gasteiger partial charge on any atom is -0.397 e. The molecule has 5 nitrogen and oxygen atoms in total. The number of nitrogens with zero attached hydrogens (tertiary/aromatic N) is 1. The number of nitrogens with two attached hydrogens (primary N) is 2. The van der Waals surface area contributed by atoms with Crippen molar-refractivity contribution in [3.63, 3.8) is 0 Å². The van der Waals surface area contributed by atoms with Gasteiger partial charge in [0.15, 0.2) is 0 Å². The first-order valence-electron chi connectivity index (χ1n) is 10.0. The Labute approximate surface area is 171 Å². The lowest BCUT2D eigenvalue weighted by atomic mass is 9.95. The fourth-order valence-corrected chi connectivity index (χ4v) is 6.20. The average Bonchev–Trinajstić information content (AvgIpc) is 3.18. The lowest BCUT2D eigenvalue weighted by Crippen LogP contribution is -2.36. The smallest absolute Gasteiger partial charge is 0.220 e. The largest absolute Gasteiger partial charge is 0.397 e. The van der Waals surface area contributed by atoms with Gasteiger partial charge in [0.2, 0.25) is 5.91 Å². The molecule has 1 amide bonds. The van der Waals surface area contributed by atoms with Gasteiger partial charge in [-0.2, -0.15) is 0 Å².